The Morgan fingerprint density at radius 1 is 1.17 bits per heavy atom. The summed E-state index contributed by atoms with van der Waals surface area (Å²) in [5, 5.41) is 11.6. The van der Waals surface area contributed by atoms with E-state index >= 15 is 0 Å². The van der Waals surface area contributed by atoms with Crippen LogP contribution in [0.25, 0.3) is 5.76 Å². The number of para-hydroxylation sites is 1. The summed E-state index contributed by atoms with van der Waals surface area (Å²) >= 11 is 0. The van der Waals surface area contributed by atoms with E-state index in [-0.39, 0.29) is 30.6 Å². The van der Waals surface area contributed by atoms with Crippen molar-refractivity contribution >= 4 is 29.0 Å². The van der Waals surface area contributed by atoms with E-state index in [2.05, 4.69) is 0 Å². The van der Waals surface area contributed by atoms with Crippen molar-refractivity contribution in [2.75, 3.05) is 31.7 Å². The molecule has 35 heavy (non-hydrogen) atoms. The zero-order valence-electron chi connectivity index (χ0n) is 20.0. The van der Waals surface area contributed by atoms with Gasteiger partial charge in [-0.3, -0.25) is 14.4 Å². The van der Waals surface area contributed by atoms with Crippen LogP contribution < -0.4 is 9.64 Å². The fourth-order valence-electron chi connectivity index (χ4n) is 5.51. The molecule has 3 aliphatic rings. The number of carbonyl (C=O) groups excluding carboxylic acids is 3. The van der Waals surface area contributed by atoms with Crippen LogP contribution in [0.5, 0.6) is 5.75 Å². The molecule has 3 heterocycles. The molecule has 0 saturated carbocycles. The first-order valence-electron chi connectivity index (χ1n) is 11.9. The molecule has 0 aliphatic carbocycles. The number of Topliss-reactive ketones (excluding diaryl/α,β-unsaturated/α-hetero) is 1. The number of nitrogens with zero attached hydrogens (tertiary/aromatic N) is 2. The van der Waals surface area contributed by atoms with Gasteiger partial charge >= 0.3 is 0 Å². The van der Waals surface area contributed by atoms with Crippen molar-refractivity contribution in [2.45, 2.75) is 38.3 Å². The number of rotatable bonds is 6. The van der Waals surface area contributed by atoms with Gasteiger partial charge in [-0.1, -0.05) is 25.1 Å². The first kappa shape index (κ1) is 23.1. The summed E-state index contributed by atoms with van der Waals surface area (Å²) in [6.45, 7) is 4.48. The molecule has 182 valence electrons. The topological polar surface area (TPSA) is 96.4 Å². The van der Waals surface area contributed by atoms with Crippen molar-refractivity contribution in [2.24, 2.45) is 0 Å². The Hall–Kier alpha value is -3.65. The van der Waals surface area contributed by atoms with Gasteiger partial charge in [0, 0.05) is 37.7 Å². The molecule has 8 heteroatoms. The van der Waals surface area contributed by atoms with E-state index < -0.39 is 23.1 Å². The standard InChI is InChI=1S/C27H28N2O6/c1-4-11-28-20-8-6-5-7-19(20)27(26(28)33)22(24(31)25(32)29(27)12-13-34-3)23(30)17-9-10-21-18(15-17)14-16(2)35-21/h5-10,15-16,30H,4,11-14H2,1-3H3/b23-22-. The molecule has 2 atom stereocenters. The summed E-state index contributed by atoms with van der Waals surface area (Å²) in [5.41, 5.74) is 0.436. The number of likely N-dealkylation sites (tertiary alicyclic amines) is 1. The van der Waals surface area contributed by atoms with E-state index in [0.29, 0.717) is 36.2 Å². The van der Waals surface area contributed by atoms with Crippen LogP contribution in [0.15, 0.2) is 48.0 Å². The van der Waals surface area contributed by atoms with Crippen LogP contribution in [0.3, 0.4) is 0 Å². The van der Waals surface area contributed by atoms with Crippen molar-refractivity contribution in [1.29, 1.82) is 0 Å². The zero-order valence-corrected chi connectivity index (χ0v) is 20.0. The van der Waals surface area contributed by atoms with Crippen molar-refractivity contribution < 1.29 is 29.0 Å². The summed E-state index contributed by atoms with van der Waals surface area (Å²) in [6.07, 6.45) is 1.35. The number of amides is 2. The lowest BCUT2D eigenvalue weighted by Gasteiger charge is -2.34. The maximum atomic E-state index is 14.2. The molecule has 3 aliphatic heterocycles. The van der Waals surface area contributed by atoms with Crippen LogP contribution in [0.2, 0.25) is 0 Å². The number of ketones is 1. The number of fused-ring (bicyclic) bond motifs is 3. The third-order valence-corrected chi connectivity index (χ3v) is 6.94. The SMILES string of the molecule is CCCN1C(=O)C2(/C(=C(\O)c3ccc4c(c3)CC(C)O4)C(=O)C(=O)N2CCOC)c2ccccc21. The average Bonchev–Trinajstić information content (AvgIpc) is 3.42. The first-order valence-corrected chi connectivity index (χ1v) is 11.9. The normalized spacial score (nSPS) is 24.3. The summed E-state index contributed by atoms with van der Waals surface area (Å²) in [6, 6.07) is 12.3. The van der Waals surface area contributed by atoms with Crippen molar-refractivity contribution in [3.63, 3.8) is 0 Å². The molecule has 2 aromatic rings. The minimum absolute atomic E-state index is 0.00602. The Balaban J connectivity index is 1.77. The number of carbonyl (C=O) groups is 3. The fourth-order valence-corrected chi connectivity index (χ4v) is 5.51. The van der Waals surface area contributed by atoms with E-state index in [0.717, 1.165) is 11.3 Å². The van der Waals surface area contributed by atoms with Gasteiger partial charge in [0.05, 0.1) is 17.9 Å². The molecular weight excluding hydrogens is 448 g/mol. The predicted molar refractivity (Wildman–Crippen MR) is 129 cm³/mol. The number of aliphatic hydroxyl groups is 1. The van der Waals surface area contributed by atoms with E-state index in [1.165, 1.54) is 12.0 Å². The molecule has 2 unspecified atom stereocenters. The molecular formula is C27H28N2O6. The third-order valence-electron chi connectivity index (χ3n) is 6.94. The maximum Gasteiger partial charge on any atom is 0.296 e. The highest BCUT2D eigenvalue weighted by atomic mass is 16.5. The zero-order chi connectivity index (χ0) is 24.9. The van der Waals surface area contributed by atoms with Crippen molar-refractivity contribution in [1.82, 2.24) is 4.90 Å². The smallest absolute Gasteiger partial charge is 0.296 e. The Bertz CT molecular complexity index is 1270. The number of hydrogen-bond donors (Lipinski definition) is 1. The van der Waals surface area contributed by atoms with Gasteiger partial charge in [-0.05, 0) is 43.2 Å². The van der Waals surface area contributed by atoms with Gasteiger partial charge < -0.3 is 24.4 Å². The van der Waals surface area contributed by atoms with Gasteiger partial charge in [0.1, 0.15) is 17.6 Å². The average molecular weight is 477 g/mol. The molecule has 5 rings (SSSR count). The second kappa shape index (κ2) is 8.53. The maximum absolute atomic E-state index is 14.2. The van der Waals surface area contributed by atoms with Crippen LogP contribution in [-0.4, -0.2) is 60.5 Å². The fraction of sp³-hybridized carbons (Fsp3) is 0.370. The van der Waals surface area contributed by atoms with Gasteiger partial charge in [-0.2, -0.15) is 0 Å². The van der Waals surface area contributed by atoms with E-state index in [1.54, 1.807) is 35.2 Å². The molecule has 0 bridgehead atoms. The lowest BCUT2D eigenvalue weighted by molar-refractivity contribution is -0.144. The summed E-state index contributed by atoms with van der Waals surface area (Å²) in [4.78, 5) is 43.9. The minimum Gasteiger partial charge on any atom is -0.507 e. The number of hydrogen-bond acceptors (Lipinski definition) is 6. The largest absolute Gasteiger partial charge is 0.507 e. The lowest BCUT2D eigenvalue weighted by Crippen LogP contribution is -2.52. The third kappa shape index (κ3) is 3.20. The molecule has 1 fully saturated rings. The molecule has 1 saturated heterocycles. The van der Waals surface area contributed by atoms with Crippen LogP contribution in [0.4, 0.5) is 5.69 Å². The van der Waals surface area contributed by atoms with Crippen LogP contribution in [-0.2, 0) is 31.1 Å². The monoisotopic (exact) mass is 476 g/mol. The molecule has 8 nitrogen and oxygen atoms in total. The van der Waals surface area contributed by atoms with Gasteiger partial charge in [0.2, 0.25) is 0 Å². The number of benzene rings is 2. The second-order valence-corrected chi connectivity index (χ2v) is 9.14. The number of methoxy groups -OCH3 is 1. The Labute approximate surface area is 203 Å². The number of ether oxygens (including phenoxy) is 2. The quantitative estimate of drug-likeness (QED) is 0.391. The van der Waals surface area contributed by atoms with E-state index in [4.69, 9.17) is 9.47 Å². The summed E-state index contributed by atoms with van der Waals surface area (Å²) in [7, 11) is 1.49. The Morgan fingerprint density at radius 3 is 2.69 bits per heavy atom. The molecule has 2 aromatic carbocycles. The Kier molecular flexibility index (Phi) is 5.63. The predicted octanol–water partition coefficient (Wildman–Crippen LogP) is 2.99. The van der Waals surface area contributed by atoms with E-state index in [9.17, 15) is 19.5 Å². The molecule has 0 radical (unpaired) electrons. The van der Waals surface area contributed by atoms with Crippen LogP contribution in [0.1, 0.15) is 37.0 Å². The number of anilines is 1. The summed E-state index contributed by atoms with van der Waals surface area (Å²) < 4.78 is 11.0. The highest BCUT2D eigenvalue weighted by Gasteiger charge is 2.66. The molecule has 1 spiro atoms. The highest BCUT2D eigenvalue weighted by Crippen LogP contribution is 2.53. The minimum atomic E-state index is -1.76. The van der Waals surface area contributed by atoms with E-state index in [1.807, 2.05) is 26.0 Å². The summed E-state index contributed by atoms with van der Waals surface area (Å²) in [5.74, 6) is -1.78. The van der Waals surface area contributed by atoms with Crippen LogP contribution >= 0.6 is 0 Å². The van der Waals surface area contributed by atoms with Gasteiger partial charge in [-0.25, -0.2) is 0 Å². The van der Waals surface area contributed by atoms with Gasteiger partial charge in [-0.15, -0.1) is 0 Å². The Morgan fingerprint density at radius 2 is 1.94 bits per heavy atom. The number of aliphatic hydroxyl groups excluding tert-OH is 1. The molecule has 1 N–H and O–H groups in total. The molecule has 0 aromatic heterocycles. The van der Waals surface area contributed by atoms with Gasteiger partial charge in [0.25, 0.3) is 17.6 Å². The van der Waals surface area contributed by atoms with Crippen molar-refractivity contribution in [3.8, 4) is 5.75 Å². The highest BCUT2D eigenvalue weighted by molar-refractivity contribution is 6.50. The van der Waals surface area contributed by atoms with Crippen LogP contribution in [0, 0.1) is 0 Å². The molecule has 2 amide bonds. The van der Waals surface area contributed by atoms with Gasteiger partial charge in [0.15, 0.2) is 5.54 Å². The lowest BCUT2D eigenvalue weighted by atomic mass is 9.81. The first-order chi connectivity index (χ1) is 16.9. The second-order valence-electron chi connectivity index (χ2n) is 9.14. The van der Waals surface area contributed by atoms with Crippen molar-refractivity contribution in [3.05, 3.63) is 64.7 Å².